The topological polar surface area (TPSA) is 42.0 Å². The van der Waals surface area contributed by atoms with E-state index >= 15 is 0 Å². The van der Waals surface area contributed by atoms with Crippen LogP contribution in [-0.2, 0) is 4.79 Å². The zero-order valence-corrected chi connectivity index (χ0v) is 12.0. The van der Waals surface area contributed by atoms with Crippen molar-refractivity contribution >= 4 is 35.1 Å². The average Bonchev–Trinajstić information content (AvgIpc) is 2.38. The molecular formula is C14H13ClN2OS. The Morgan fingerprint density at radius 1 is 1.37 bits per heavy atom. The summed E-state index contributed by atoms with van der Waals surface area (Å²) in [6, 6.07) is 11.2. The number of hydrogen-bond acceptors (Lipinski definition) is 3. The number of aromatic nitrogens is 1. The number of nitrogens with one attached hydrogen (secondary N) is 1. The van der Waals surface area contributed by atoms with Crippen LogP contribution in [0.25, 0.3) is 0 Å². The van der Waals surface area contributed by atoms with E-state index in [4.69, 9.17) is 11.6 Å². The minimum Gasteiger partial charge on any atom is -0.310 e. The lowest BCUT2D eigenvalue weighted by Gasteiger charge is -2.06. The molecule has 1 N–H and O–H groups in total. The minimum absolute atomic E-state index is 0.0944. The number of halogens is 1. The van der Waals surface area contributed by atoms with Crippen LogP contribution in [0, 0.1) is 6.92 Å². The van der Waals surface area contributed by atoms with Gasteiger partial charge in [0.05, 0.1) is 10.8 Å². The van der Waals surface area contributed by atoms with Crippen molar-refractivity contribution in [1.29, 1.82) is 0 Å². The first kappa shape index (κ1) is 13.9. The SMILES string of the molecule is Cc1ccnc(NC(=O)CSc2ccccc2Cl)c1. The number of nitrogens with zero attached hydrogens (tertiary/aromatic N) is 1. The Balaban J connectivity index is 1.90. The quantitative estimate of drug-likeness (QED) is 0.872. The lowest BCUT2D eigenvalue weighted by Crippen LogP contribution is -2.15. The molecule has 98 valence electrons. The van der Waals surface area contributed by atoms with E-state index in [1.165, 1.54) is 11.8 Å². The van der Waals surface area contributed by atoms with Gasteiger partial charge in [-0.1, -0.05) is 23.7 Å². The zero-order chi connectivity index (χ0) is 13.7. The molecule has 2 rings (SSSR count). The number of hydrogen-bond donors (Lipinski definition) is 1. The molecule has 0 aliphatic heterocycles. The van der Waals surface area contributed by atoms with Gasteiger partial charge in [-0.3, -0.25) is 4.79 Å². The highest BCUT2D eigenvalue weighted by atomic mass is 35.5. The summed E-state index contributed by atoms with van der Waals surface area (Å²) < 4.78 is 0. The lowest BCUT2D eigenvalue weighted by molar-refractivity contribution is -0.113. The molecule has 0 saturated carbocycles. The number of amides is 1. The molecule has 0 unspecified atom stereocenters. The van der Waals surface area contributed by atoms with Crippen LogP contribution in [-0.4, -0.2) is 16.6 Å². The highest BCUT2D eigenvalue weighted by molar-refractivity contribution is 8.00. The average molecular weight is 293 g/mol. The monoisotopic (exact) mass is 292 g/mol. The molecule has 1 aromatic heterocycles. The number of anilines is 1. The zero-order valence-electron chi connectivity index (χ0n) is 10.4. The molecule has 0 fully saturated rings. The van der Waals surface area contributed by atoms with Gasteiger partial charge >= 0.3 is 0 Å². The van der Waals surface area contributed by atoms with Crippen LogP contribution in [0.3, 0.4) is 0 Å². The van der Waals surface area contributed by atoms with Gasteiger partial charge in [0, 0.05) is 11.1 Å². The Morgan fingerprint density at radius 2 is 2.16 bits per heavy atom. The minimum atomic E-state index is -0.0944. The fourth-order valence-corrected chi connectivity index (χ4v) is 2.53. The Kier molecular flexibility index (Phi) is 4.82. The Hall–Kier alpha value is -1.52. The second-order valence-corrected chi connectivity index (χ2v) is 5.41. The molecule has 0 spiro atoms. The van der Waals surface area contributed by atoms with E-state index in [9.17, 15) is 4.79 Å². The van der Waals surface area contributed by atoms with Gasteiger partial charge < -0.3 is 5.32 Å². The van der Waals surface area contributed by atoms with Gasteiger partial charge in [0.2, 0.25) is 5.91 Å². The maximum Gasteiger partial charge on any atom is 0.235 e. The Labute approximate surface area is 121 Å². The second kappa shape index (κ2) is 6.59. The van der Waals surface area contributed by atoms with Crippen molar-refractivity contribution < 1.29 is 4.79 Å². The molecule has 1 heterocycles. The number of carbonyl (C=O) groups excluding carboxylic acids is 1. The van der Waals surface area contributed by atoms with Gasteiger partial charge in [-0.05, 0) is 36.8 Å². The highest BCUT2D eigenvalue weighted by Gasteiger charge is 2.06. The summed E-state index contributed by atoms with van der Waals surface area (Å²) in [5.41, 5.74) is 1.06. The summed E-state index contributed by atoms with van der Waals surface area (Å²) in [4.78, 5) is 16.8. The largest absolute Gasteiger partial charge is 0.310 e. The summed E-state index contributed by atoms with van der Waals surface area (Å²) in [7, 11) is 0. The van der Waals surface area contributed by atoms with Gasteiger partial charge in [0.1, 0.15) is 5.82 Å². The molecule has 0 bridgehead atoms. The number of pyridine rings is 1. The first-order chi connectivity index (χ1) is 9.15. The van der Waals surface area contributed by atoms with Gasteiger partial charge in [0.25, 0.3) is 0 Å². The first-order valence-corrected chi connectivity index (χ1v) is 7.11. The number of thioether (sulfide) groups is 1. The molecule has 0 atom stereocenters. The van der Waals surface area contributed by atoms with Crippen LogP contribution < -0.4 is 5.32 Å². The summed E-state index contributed by atoms with van der Waals surface area (Å²) in [6.07, 6.45) is 1.67. The van der Waals surface area contributed by atoms with Crippen LogP contribution >= 0.6 is 23.4 Å². The fraction of sp³-hybridized carbons (Fsp3) is 0.143. The van der Waals surface area contributed by atoms with Gasteiger partial charge in [0.15, 0.2) is 0 Å². The maximum atomic E-state index is 11.8. The van der Waals surface area contributed by atoms with E-state index in [1.54, 1.807) is 6.20 Å². The van der Waals surface area contributed by atoms with Crippen molar-refractivity contribution in [1.82, 2.24) is 4.98 Å². The van der Waals surface area contributed by atoms with Crippen molar-refractivity contribution in [3.05, 3.63) is 53.2 Å². The van der Waals surface area contributed by atoms with Gasteiger partial charge in [-0.25, -0.2) is 4.98 Å². The van der Waals surface area contributed by atoms with Crippen molar-refractivity contribution in [3.63, 3.8) is 0 Å². The highest BCUT2D eigenvalue weighted by Crippen LogP contribution is 2.26. The van der Waals surface area contributed by atoms with E-state index < -0.39 is 0 Å². The molecule has 0 aliphatic carbocycles. The summed E-state index contributed by atoms with van der Waals surface area (Å²) in [5, 5.41) is 3.42. The van der Waals surface area contributed by atoms with Crippen LogP contribution in [0.4, 0.5) is 5.82 Å². The number of aryl methyl sites for hydroxylation is 1. The lowest BCUT2D eigenvalue weighted by atomic mass is 10.3. The van der Waals surface area contributed by atoms with Crippen LogP contribution in [0.1, 0.15) is 5.56 Å². The van der Waals surface area contributed by atoms with Gasteiger partial charge in [-0.2, -0.15) is 0 Å². The van der Waals surface area contributed by atoms with E-state index in [-0.39, 0.29) is 5.91 Å². The van der Waals surface area contributed by atoms with E-state index in [1.807, 2.05) is 43.3 Å². The maximum absolute atomic E-state index is 11.8. The third-order valence-electron chi connectivity index (χ3n) is 2.38. The van der Waals surface area contributed by atoms with Crippen LogP contribution in [0.5, 0.6) is 0 Å². The molecule has 1 aromatic carbocycles. The van der Waals surface area contributed by atoms with Crippen LogP contribution in [0.15, 0.2) is 47.5 Å². The predicted molar refractivity (Wildman–Crippen MR) is 79.8 cm³/mol. The summed E-state index contributed by atoms with van der Waals surface area (Å²) >= 11 is 7.43. The van der Waals surface area contributed by atoms with Crippen molar-refractivity contribution in [3.8, 4) is 0 Å². The molecule has 0 aliphatic rings. The number of benzene rings is 1. The van der Waals surface area contributed by atoms with Crippen molar-refractivity contribution in [2.24, 2.45) is 0 Å². The van der Waals surface area contributed by atoms with E-state index in [0.717, 1.165) is 10.5 Å². The molecule has 0 radical (unpaired) electrons. The normalized spacial score (nSPS) is 10.2. The molecule has 1 amide bonds. The first-order valence-electron chi connectivity index (χ1n) is 5.75. The second-order valence-electron chi connectivity index (χ2n) is 3.99. The molecule has 19 heavy (non-hydrogen) atoms. The third-order valence-corrected chi connectivity index (χ3v) is 3.89. The van der Waals surface area contributed by atoms with Crippen LogP contribution in [0.2, 0.25) is 5.02 Å². The van der Waals surface area contributed by atoms with E-state index in [2.05, 4.69) is 10.3 Å². The molecule has 0 saturated heterocycles. The Morgan fingerprint density at radius 3 is 2.89 bits per heavy atom. The molecule has 2 aromatic rings. The fourth-order valence-electron chi connectivity index (χ4n) is 1.49. The summed E-state index contributed by atoms with van der Waals surface area (Å²) in [6.45, 7) is 1.95. The summed E-state index contributed by atoms with van der Waals surface area (Å²) in [5.74, 6) is 0.784. The molecule has 5 heteroatoms. The predicted octanol–water partition coefficient (Wildman–Crippen LogP) is 3.77. The van der Waals surface area contributed by atoms with Crippen molar-refractivity contribution in [2.75, 3.05) is 11.1 Å². The van der Waals surface area contributed by atoms with E-state index in [0.29, 0.717) is 16.6 Å². The smallest absolute Gasteiger partial charge is 0.235 e. The van der Waals surface area contributed by atoms with Gasteiger partial charge in [-0.15, -0.1) is 11.8 Å². The Bertz CT molecular complexity index is 589. The standard InChI is InChI=1S/C14H13ClN2OS/c1-10-6-7-16-13(8-10)17-14(18)9-19-12-5-3-2-4-11(12)15/h2-8H,9H2,1H3,(H,16,17,18). The third kappa shape index (κ3) is 4.26. The molecule has 3 nitrogen and oxygen atoms in total. The number of carbonyl (C=O) groups is 1. The van der Waals surface area contributed by atoms with Crippen molar-refractivity contribution in [2.45, 2.75) is 11.8 Å². The number of rotatable bonds is 4. The molecular weight excluding hydrogens is 280 g/mol.